The second kappa shape index (κ2) is 10.0. The lowest BCUT2D eigenvalue weighted by Gasteiger charge is -2.28. The Labute approximate surface area is 185 Å². The molecule has 174 valence electrons. The lowest BCUT2D eigenvalue weighted by Crippen LogP contribution is -2.20. The average molecular weight is 452 g/mol. The van der Waals surface area contributed by atoms with Crippen molar-refractivity contribution in [3.05, 3.63) is 46.8 Å². The van der Waals surface area contributed by atoms with Crippen molar-refractivity contribution in [3.63, 3.8) is 0 Å². The summed E-state index contributed by atoms with van der Waals surface area (Å²) in [6, 6.07) is 4.39. The second-order valence-electron chi connectivity index (χ2n) is 8.66. The summed E-state index contributed by atoms with van der Waals surface area (Å²) >= 11 is 0. The van der Waals surface area contributed by atoms with Crippen molar-refractivity contribution in [1.82, 2.24) is 0 Å². The molecule has 32 heavy (non-hydrogen) atoms. The van der Waals surface area contributed by atoms with E-state index in [0.29, 0.717) is 23.7 Å². The molecule has 0 radical (unpaired) electrons. The van der Waals surface area contributed by atoms with Crippen LogP contribution in [0.25, 0.3) is 0 Å². The van der Waals surface area contributed by atoms with Crippen molar-refractivity contribution in [3.8, 4) is 23.0 Å². The van der Waals surface area contributed by atoms with Gasteiger partial charge in [0.15, 0.2) is 23.0 Å². The molecule has 0 spiro atoms. The maximum absolute atomic E-state index is 14.8. The van der Waals surface area contributed by atoms with Gasteiger partial charge in [-0.25, -0.2) is 4.39 Å². The Hall–Kier alpha value is -2.44. The van der Waals surface area contributed by atoms with Crippen LogP contribution >= 0.6 is 0 Å². The van der Waals surface area contributed by atoms with E-state index in [4.69, 9.17) is 14.2 Å². The minimum atomic E-state index is -1.20. The predicted octanol–water partition coefficient (Wildman–Crippen LogP) is 7.13. The van der Waals surface area contributed by atoms with E-state index in [1.165, 1.54) is 25.0 Å². The van der Waals surface area contributed by atoms with Crippen LogP contribution < -0.4 is 14.2 Å². The van der Waals surface area contributed by atoms with Crippen LogP contribution in [0.15, 0.2) is 18.2 Å². The highest BCUT2D eigenvalue weighted by atomic mass is 19.2. The van der Waals surface area contributed by atoms with Crippen LogP contribution in [-0.4, -0.2) is 19.9 Å². The molecule has 4 rings (SSSR count). The normalized spacial score (nSPS) is 19.7. The molecule has 1 heterocycles. The Morgan fingerprint density at radius 2 is 1.59 bits per heavy atom. The van der Waals surface area contributed by atoms with Gasteiger partial charge in [-0.05, 0) is 36.8 Å². The lowest BCUT2D eigenvalue weighted by molar-refractivity contribution is 0.173. The molecule has 0 saturated heterocycles. The van der Waals surface area contributed by atoms with Gasteiger partial charge in [-0.15, -0.1) is 0 Å². The van der Waals surface area contributed by atoms with Gasteiger partial charge in [-0.1, -0.05) is 38.7 Å². The second-order valence-corrected chi connectivity index (χ2v) is 8.66. The molecule has 3 nitrogen and oxygen atoms in total. The highest BCUT2D eigenvalue weighted by Crippen LogP contribution is 2.45. The van der Waals surface area contributed by atoms with Crippen molar-refractivity contribution in [1.29, 1.82) is 0 Å². The third kappa shape index (κ3) is 4.66. The first-order valence-corrected chi connectivity index (χ1v) is 11.3. The zero-order valence-electron chi connectivity index (χ0n) is 18.2. The van der Waals surface area contributed by atoms with Crippen molar-refractivity contribution in [2.45, 2.75) is 51.9 Å². The molecule has 0 amide bonds. The van der Waals surface area contributed by atoms with Crippen LogP contribution in [0.4, 0.5) is 17.6 Å². The van der Waals surface area contributed by atoms with Crippen LogP contribution in [-0.2, 0) is 6.42 Å². The SMILES string of the molecule is CCCC1CCC(COc2cc3c(c(F)c2F)Oc2c(ccc(OCCF)c2F)C3)CC1. The third-order valence-corrected chi connectivity index (χ3v) is 6.41. The summed E-state index contributed by atoms with van der Waals surface area (Å²) in [6.07, 6.45) is 6.94. The summed E-state index contributed by atoms with van der Waals surface area (Å²) in [6.45, 7) is 1.45. The van der Waals surface area contributed by atoms with Crippen LogP contribution in [0.1, 0.15) is 56.6 Å². The minimum Gasteiger partial charge on any atom is -0.490 e. The molecule has 7 heteroatoms. The number of hydrogen-bond acceptors (Lipinski definition) is 3. The highest BCUT2D eigenvalue weighted by Gasteiger charge is 2.30. The molecular formula is C25H28F4O3. The number of hydrogen-bond donors (Lipinski definition) is 0. The highest BCUT2D eigenvalue weighted by molar-refractivity contribution is 5.55. The summed E-state index contributed by atoms with van der Waals surface area (Å²) < 4.78 is 72.6. The Kier molecular flexibility index (Phi) is 7.11. The van der Waals surface area contributed by atoms with Gasteiger partial charge in [0, 0.05) is 17.5 Å². The monoisotopic (exact) mass is 452 g/mol. The number of halogens is 4. The molecule has 0 aromatic heterocycles. The molecule has 1 aliphatic carbocycles. The van der Waals surface area contributed by atoms with Gasteiger partial charge >= 0.3 is 0 Å². The average Bonchev–Trinajstić information content (AvgIpc) is 2.80. The predicted molar refractivity (Wildman–Crippen MR) is 113 cm³/mol. The summed E-state index contributed by atoms with van der Waals surface area (Å²) in [7, 11) is 0. The summed E-state index contributed by atoms with van der Waals surface area (Å²) in [5.41, 5.74) is 0.851. The molecule has 1 aliphatic heterocycles. The lowest BCUT2D eigenvalue weighted by atomic mass is 9.80. The first-order valence-electron chi connectivity index (χ1n) is 11.3. The van der Waals surface area contributed by atoms with E-state index in [1.807, 2.05) is 0 Å². The molecule has 0 N–H and O–H groups in total. The van der Waals surface area contributed by atoms with E-state index < -0.39 is 24.1 Å². The summed E-state index contributed by atoms with van der Waals surface area (Å²) in [5.74, 6) is -3.05. The van der Waals surface area contributed by atoms with Crippen molar-refractivity contribution in [2.24, 2.45) is 11.8 Å². The molecule has 0 atom stereocenters. The third-order valence-electron chi connectivity index (χ3n) is 6.41. The Morgan fingerprint density at radius 3 is 2.31 bits per heavy atom. The maximum atomic E-state index is 14.8. The fourth-order valence-electron chi connectivity index (χ4n) is 4.68. The van der Waals surface area contributed by atoms with Gasteiger partial charge in [-0.3, -0.25) is 0 Å². The zero-order valence-corrected chi connectivity index (χ0v) is 18.2. The molecule has 1 fully saturated rings. The maximum Gasteiger partial charge on any atom is 0.207 e. The van der Waals surface area contributed by atoms with Crippen LogP contribution in [0.2, 0.25) is 0 Å². The smallest absolute Gasteiger partial charge is 0.207 e. The zero-order chi connectivity index (χ0) is 22.7. The molecule has 2 aliphatic rings. The van der Waals surface area contributed by atoms with E-state index in [9.17, 15) is 17.6 Å². The van der Waals surface area contributed by atoms with Gasteiger partial charge < -0.3 is 14.2 Å². The fraction of sp³-hybridized carbons (Fsp3) is 0.520. The van der Waals surface area contributed by atoms with E-state index in [2.05, 4.69) is 6.92 Å². The molecule has 2 aromatic rings. The van der Waals surface area contributed by atoms with Gasteiger partial charge in [-0.2, -0.15) is 13.2 Å². The van der Waals surface area contributed by atoms with E-state index in [1.54, 1.807) is 6.07 Å². The first kappa shape index (κ1) is 22.7. The van der Waals surface area contributed by atoms with Gasteiger partial charge in [0.1, 0.15) is 13.3 Å². The molecule has 0 bridgehead atoms. The first-order chi connectivity index (χ1) is 15.5. The number of benzene rings is 2. The Morgan fingerprint density at radius 1 is 0.875 bits per heavy atom. The Bertz CT molecular complexity index is 955. The number of fused-ring (bicyclic) bond motifs is 2. The van der Waals surface area contributed by atoms with E-state index in [0.717, 1.165) is 31.6 Å². The van der Waals surface area contributed by atoms with Gasteiger partial charge in [0.25, 0.3) is 0 Å². The van der Waals surface area contributed by atoms with Gasteiger partial charge in [0.05, 0.1) is 6.61 Å². The van der Waals surface area contributed by atoms with E-state index >= 15 is 0 Å². The van der Waals surface area contributed by atoms with E-state index in [-0.39, 0.29) is 36.0 Å². The van der Waals surface area contributed by atoms with Crippen molar-refractivity contribution in [2.75, 3.05) is 19.9 Å². The minimum absolute atomic E-state index is 0.146. The van der Waals surface area contributed by atoms with Crippen LogP contribution in [0, 0.1) is 29.3 Å². The number of rotatable bonds is 8. The Balaban J connectivity index is 1.48. The largest absolute Gasteiger partial charge is 0.490 e. The molecular weight excluding hydrogens is 424 g/mol. The number of ether oxygens (including phenoxy) is 3. The van der Waals surface area contributed by atoms with Crippen molar-refractivity contribution >= 4 is 0 Å². The summed E-state index contributed by atoms with van der Waals surface area (Å²) in [4.78, 5) is 0. The molecule has 0 unspecified atom stereocenters. The summed E-state index contributed by atoms with van der Waals surface area (Å²) in [5, 5.41) is 0. The molecule has 2 aromatic carbocycles. The fourth-order valence-corrected chi connectivity index (χ4v) is 4.68. The quantitative estimate of drug-likeness (QED) is 0.340. The van der Waals surface area contributed by atoms with Crippen molar-refractivity contribution < 1.29 is 31.8 Å². The van der Waals surface area contributed by atoms with Crippen LogP contribution in [0.3, 0.4) is 0 Å². The van der Waals surface area contributed by atoms with Gasteiger partial charge in [0.2, 0.25) is 17.5 Å². The molecule has 1 saturated carbocycles. The standard InChI is InChI=1S/C25H28F4O3/c1-2-3-15-4-6-16(7-5-15)14-31-20-13-18-12-17-8-9-19(30-11-10-26)22(28)24(17)32-25(18)23(29)21(20)27/h8-9,13,15-16H,2-7,10-12,14H2,1H3. The van der Waals surface area contributed by atoms with Crippen LogP contribution in [0.5, 0.6) is 23.0 Å². The topological polar surface area (TPSA) is 27.7 Å². The number of alkyl halides is 1.